The highest BCUT2D eigenvalue weighted by Gasteiger charge is 2.40. The Morgan fingerprint density at radius 1 is 1.32 bits per heavy atom. The van der Waals surface area contributed by atoms with Gasteiger partial charge in [-0.05, 0) is 33.1 Å². The maximum absolute atomic E-state index is 5.76. The minimum atomic E-state index is 0.355. The highest BCUT2D eigenvalue weighted by Crippen LogP contribution is 2.33. The second-order valence-electron chi connectivity index (χ2n) is 6.70. The van der Waals surface area contributed by atoms with Crippen LogP contribution in [0.4, 0.5) is 0 Å². The molecule has 0 radical (unpaired) electrons. The summed E-state index contributed by atoms with van der Waals surface area (Å²) >= 11 is 0. The Balaban J connectivity index is 1.88. The molecule has 1 N–H and O–H groups in total. The van der Waals surface area contributed by atoms with E-state index in [0.717, 1.165) is 13.2 Å². The summed E-state index contributed by atoms with van der Waals surface area (Å²) in [4.78, 5) is 2.70. The van der Waals surface area contributed by atoms with Crippen molar-refractivity contribution >= 4 is 0 Å². The fourth-order valence-electron chi connectivity index (χ4n) is 3.71. The van der Waals surface area contributed by atoms with E-state index in [0.29, 0.717) is 17.7 Å². The summed E-state index contributed by atoms with van der Waals surface area (Å²) in [5.74, 6) is 0. The van der Waals surface area contributed by atoms with Crippen LogP contribution in [0.15, 0.2) is 0 Å². The number of hydrogen-bond donors (Lipinski definition) is 1. The Morgan fingerprint density at radius 2 is 2.05 bits per heavy atom. The standard InChI is InChI=1S/C16H32N2O/c1-4-7-15-12-17-16(8-5-6-9-16)13-18(15)10-11-19-14(2)3/h14-15,17H,4-13H2,1-3H3. The Bertz CT molecular complexity index is 261. The van der Waals surface area contributed by atoms with Gasteiger partial charge in [0.05, 0.1) is 12.7 Å². The quantitative estimate of drug-likeness (QED) is 0.801. The first-order valence-electron chi connectivity index (χ1n) is 8.26. The molecule has 3 heteroatoms. The summed E-state index contributed by atoms with van der Waals surface area (Å²) < 4.78 is 5.76. The number of ether oxygens (including phenoxy) is 1. The molecule has 1 aliphatic heterocycles. The van der Waals surface area contributed by atoms with Gasteiger partial charge in [-0.3, -0.25) is 4.90 Å². The van der Waals surface area contributed by atoms with Gasteiger partial charge in [-0.25, -0.2) is 0 Å². The van der Waals surface area contributed by atoms with Crippen molar-refractivity contribution in [2.75, 3.05) is 26.2 Å². The van der Waals surface area contributed by atoms with E-state index in [9.17, 15) is 0 Å². The van der Waals surface area contributed by atoms with Crippen molar-refractivity contribution in [3.05, 3.63) is 0 Å². The van der Waals surface area contributed by atoms with E-state index < -0.39 is 0 Å². The molecule has 0 aromatic rings. The second kappa shape index (κ2) is 7.05. The van der Waals surface area contributed by atoms with Gasteiger partial charge in [0.1, 0.15) is 0 Å². The monoisotopic (exact) mass is 268 g/mol. The number of nitrogens with one attached hydrogen (secondary N) is 1. The molecule has 1 saturated heterocycles. The van der Waals surface area contributed by atoms with Crippen LogP contribution in [0.2, 0.25) is 0 Å². The van der Waals surface area contributed by atoms with Crippen LogP contribution in [0.1, 0.15) is 59.3 Å². The highest BCUT2D eigenvalue weighted by molar-refractivity contribution is 5.00. The first-order valence-corrected chi connectivity index (χ1v) is 8.26. The van der Waals surface area contributed by atoms with Crippen molar-refractivity contribution in [2.24, 2.45) is 0 Å². The minimum Gasteiger partial charge on any atom is -0.377 e. The van der Waals surface area contributed by atoms with Gasteiger partial charge in [-0.2, -0.15) is 0 Å². The molecule has 3 nitrogen and oxygen atoms in total. The Kier molecular flexibility index (Phi) is 5.67. The second-order valence-corrected chi connectivity index (χ2v) is 6.70. The van der Waals surface area contributed by atoms with Crippen molar-refractivity contribution < 1.29 is 4.74 Å². The van der Waals surface area contributed by atoms with Gasteiger partial charge in [0, 0.05) is 31.2 Å². The molecule has 0 aromatic carbocycles. The van der Waals surface area contributed by atoms with Crippen molar-refractivity contribution in [1.29, 1.82) is 0 Å². The molecule has 1 atom stereocenters. The van der Waals surface area contributed by atoms with E-state index in [2.05, 4.69) is 31.0 Å². The molecule has 0 amide bonds. The Hall–Kier alpha value is -0.120. The normalized spacial score (nSPS) is 27.5. The van der Waals surface area contributed by atoms with Crippen LogP contribution < -0.4 is 5.32 Å². The molecule has 1 saturated carbocycles. The van der Waals surface area contributed by atoms with Crippen LogP contribution in [-0.2, 0) is 4.74 Å². The fourth-order valence-corrected chi connectivity index (χ4v) is 3.71. The third kappa shape index (κ3) is 4.17. The maximum Gasteiger partial charge on any atom is 0.0597 e. The molecule has 112 valence electrons. The van der Waals surface area contributed by atoms with Crippen molar-refractivity contribution in [1.82, 2.24) is 10.2 Å². The number of rotatable bonds is 6. The Labute approximate surface area is 119 Å². The topological polar surface area (TPSA) is 24.5 Å². The lowest BCUT2D eigenvalue weighted by Crippen LogP contribution is -2.63. The summed E-state index contributed by atoms with van der Waals surface area (Å²) in [6.45, 7) is 10.9. The molecule has 1 spiro atoms. The number of nitrogens with zero attached hydrogens (tertiary/aromatic N) is 1. The molecule has 2 aliphatic rings. The summed E-state index contributed by atoms with van der Waals surface area (Å²) in [6.07, 6.45) is 8.49. The van der Waals surface area contributed by atoms with Crippen LogP contribution in [0.3, 0.4) is 0 Å². The average Bonchev–Trinajstić information content (AvgIpc) is 2.81. The van der Waals surface area contributed by atoms with E-state index >= 15 is 0 Å². The van der Waals surface area contributed by atoms with Crippen molar-refractivity contribution in [2.45, 2.75) is 77.0 Å². The van der Waals surface area contributed by atoms with Crippen LogP contribution >= 0.6 is 0 Å². The lowest BCUT2D eigenvalue weighted by Gasteiger charge is -2.46. The summed E-state index contributed by atoms with van der Waals surface area (Å²) in [7, 11) is 0. The lowest BCUT2D eigenvalue weighted by atomic mass is 9.91. The molecule has 0 bridgehead atoms. The molecular weight excluding hydrogens is 236 g/mol. The fraction of sp³-hybridized carbons (Fsp3) is 1.00. The van der Waals surface area contributed by atoms with Gasteiger partial charge in [0.2, 0.25) is 0 Å². The molecular formula is C16H32N2O. The highest BCUT2D eigenvalue weighted by atomic mass is 16.5. The third-order valence-corrected chi connectivity index (χ3v) is 4.75. The molecule has 1 heterocycles. The Morgan fingerprint density at radius 3 is 2.68 bits per heavy atom. The molecule has 19 heavy (non-hydrogen) atoms. The van der Waals surface area contributed by atoms with Gasteiger partial charge in [-0.1, -0.05) is 26.2 Å². The van der Waals surface area contributed by atoms with Gasteiger partial charge < -0.3 is 10.1 Å². The minimum absolute atomic E-state index is 0.355. The maximum atomic E-state index is 5.76. The third-order valence-electron chi connectivity index (χ3n) is 4.75. The van der Waals surface area contributed by atoms with Crippen molar-refractivity contribution in [3.63, 3.8) is 0 Å². The summed E-state index contributed by atoms with van der Waals surface area (Å²) in [5.41, 5.74) is 0.433. The molecule has 1 aliphatic carbocycles. The van der Waals surface area contributed by atoms with E-state index in [4.69, 9.17) is 4.74 Å². The SMILES string of the molecule is CCCC1CNC2(CCCC2)CN1CCOC(C)C. The zero-order valence-corrected chi connectivity index (χ0v) is 13.1. The molecule has 2 fully saturated rings. The average molecular weight is 268 g/mol. The van der Waals surface area contributed by atoms with Crippen LogP contribution in [0.5, 0.6) is 0 Å². The number of hydrogen-bond acceptors (Lipinski definition) is 3. The van der Waals surface area contributed by atoms with E-state index in [-0.39, 0.29) is 0 Å². The van der Waals surface area contributed by atoms with Gasteiger partial charge in [-0.15, -0.1) is 0 Å². The molecule has 1 unspecified atom stereocenters. The predicted molar refractivity (Wildman–Crippen MR) is 80.6 cm³/mol. The summed E-state index contributed by atoms with van der Waals surface area (Å²) in [6, 6.07) is 0.715. The van der Waals surface area contributed by atoms with Crippen LogP contribution in [0, 0.1) is 0 Å². The van der Waals surface area contributed by atoms with Crippen molar-refractivity contribution in [3.8, 4) is 0 Å². The zero-order chi connectivity index (χ0) is 13.7. The van der Waals surface area contributed by atoms with Gasteiger partial charge >= 0.3 is 0 Å². The zero-order valence-electron chi connectivity index (χ0n) is 13.1. The lowest BCUT2D eigenvalue weighted by molar-refractivity contribution is 0.0196. The molecule has 2 rings (SSSR count). The summed E-state index contributed by atoms with van der Waals surface area (Å²) in [5, 5.41) is 3.88. The van der Waals surface area contributed by atoms with Gasteiger partial charge in [0.15, 0.2) is 0 Å². The first kappa shape index (κ1) is 15.3. The smallest absolute Gasteiger partial charge is 0.0597 e. The van der Waals surface area contributed by atoms with Gasteiger partial charge in [0.25, 0.3) is 0 Å². The van der Waals surface area contributed by atoms with E-state index in [1.807, 2.05) is 0 Å². The first-order chi connectivity index (χ1) is 9.15. The number of piperazine rings is 1. The van der Waals surface area contributed by atoms with E-state index in [1.165, 1.54) is 51.6 Å². The van der Waals surface area contributed by atoms with E-state index in [1.54, 1.807) is 0 Å². The predicted octanol–water partition coefficient (Wildman–Crippen LogP) is 2.80. The van der Waals surface area contributed by atoms with Crippen LogP contribution in [0.25, 0.3) is 0 Å². The molecule has 0 aromatic heterocycles. The van der Waals surface area contributed by atoms with Crippen LogP contribution in [-0.4, -0.2) is 48.8 Å². The largest absolute Gasteiger partial charge is 0.377 e.